The maximum atomic E-state index is 9.02. The number of nitrogens with zero attached hydrogens (tertiary/aromatic N) is 1. The second-order valence-electron chi connectivity index (χ2n) is 8.50. The van der Waals surface area contributed by atoms with Crippen LogP contribution in [-0.4, -0.2) is 41.6 Å². The van der Waals surface area contributed by atoms with E-state index in [-0.39, 0.29) is 44.4 Å². The van der Waals surface area contributed by atoms with Crippen molar-refractivity contribution in [1.82, 2.24) is 0 Å². The van der Waals surface area contributed by atoms with Gasteiger partial charge in [-0.2, -0.15) is 0 Å². The lowest BCUT2D eigenvalue weighted by atomic mass is 10.0. The molecule has 39 heavy (non-hydrogen) atoms. The van der Waals surface area contributed by atoms with Crippen LogP contribution in [0.25, 0.3) is 11.1 Å². The van der Waals surface area contributed by atoms with Crippen molar-refractivity contribution in [3.63, 3.8) is 0 Å². The van der Waals surface area contributed by atoms with Crippen molar-refractivity contribution in [3.05, 3.63) is 99.6 Å². The molecule has 0 aromatic heterocycles. The summed E-state index contributed by atoms with van der Waals surface area (Å²) in [5.41, 5.74) is 10.0. The molecular weight excluding hydrogens is 541 g/mol. The number of halogens is 2. The normalized spacial score (nSPS) is 13.9. The molecule has 0 bridgehead atoms. The Morgan fingerprint density at radius 3 is 2.44 bits per heavy atom. The first-order chi connectivity index (χ1) is 18.9. The van der Waals surface area contributed by atoms with Gasteiger partial charge < -0.3 is 30.3 Å². The van der Waals surface area contributed by atoms with E-state index in [1.54, 1.807) is 24.3 Å². The van der Waals surface area contributed by atoms with E-state index < -0.39 is 0 Å². The molecule has 0 saturated carbocycles. The van der Waals surface area contributed by atoms with Gasteiger partial charge >= 0.3 is 0 Å². The molecule has 0 saturated heterocycles. The number of oxime groups is 1. The fraction of sp³-hybridized carbons (Fsp3) is 0.172. The van der Waals surface area contributed by atoms with E-state index in [1.165, 1.54) is 6.08 Å². The third-order valence-electron chi connectivity index (χ3n) is 5.86. The summed E-state index contributed by atoms with van der Waals surface area (Å²) in [6.45, 7) is 0.664. The van der Waals surface area contributed by atoms with Crippen LogP contribution in [0.2, 0.25) is 10.0 Å². The molecule has 5 N–H and O–H groups in total. The van der Waals surface area contributed by atoms with Crippen LogP contribution in [0.3, 0.4) is 0 Å². The Kier molecular flexibility index (Phi) is 9.62. The van der Waals surface area contributed by atoms with E-state index in [4.69, 9.17) is 58.9 Å². The number of hydrogen-bond donors (Lipinski definition) is 4. The summed E-state index contributed by atoms with van der Waals surface area (Å²) in [7, 11) is 0. The monoisotopic (exact) mass is 567 g/mol. The van der Waals surface area contributed by atoms with Crippen LogP contribution in [-0.2, 0) is 13.2 Å². The van der Waals surface area contributed by atoms with Crippen molar-refractivity contribution >= 4 is 34.6 Å². The Morgan fingerprint density at radius 1 is 0.897 bits per heavy atom. The average Bonchev–Trinajstić information content (AvgIpc) is 2.95. The predicted octanol–water partition coefficient (Wildman–Crippen LogP) is 5.79. The molecule has 0 heterocycles. The SMILES string of the molecule is N=C1C=C(COc2cc(OCc3cccc(-c4cccc(OCCO)c4)c3Cl)c(Cl)cc2CN)C=C/C1=N/O. The van der Waals surface area contributed by atoms with Crippen molar-refractivity contribution in [1.29, 1.82) is 5.41 Å². The van der Waals surface area contributed by atoms with Gasteiger partial charge in [0.05, 0.1) is 22.4 Å². The Balaban J connectivity index is 1.50. The molecule has 0 unspecified atom stereocenters. The van der Waals surface area contributed by atoms with Crippen LogP contribution in [0, 0.1) is 5.41 Å². The van der Waals surface area contributed by atoms with Crippen LogP contribution in [0.15, 0.2) is 83.6 Å². The molecule has 0 spiro atoms. The highest BCUT2D eigenvalue weighted by Crippen LogP contribution is 2.36. The topological polar surface area (TPSA) is 130 Å². The summed E-state index contributed by atoms with van der Waals surface area (Å²) in [5, 5.41) is 29.8. The first-order valence-corrected chi connectivity index (χ1v) is 12.8. The van der Waals surface area contributed by atoms with E-state index in [0.717, 1.165) is 22.3 Å². The highest BCUT2D eigenvalue weighted by Gasteiger charge is 2.15. The van der Waals surface area contributed by atoms with Gasteiger partial charge in [0.15, 0.2) is 0 Å². The summed E-state index contributed by atoms with van der Waals surface area (Å²) in [6, 6.07) is 16.5. The lowest BCUT2D eigenvalue weighted by molar-refractivity contribution is 0.201. The van der Waals surface area contributed by atoms with Gasteiger partial charge in [-0.25, -0.2) is 0 Å². The number of nitrogens with one attached hydrogen (secondary N) is 1. The van der Waals surface area contributed by atoms with Crippen molar-refractivity contribution in [2.75, 3.05) is 19.8 Å². The molecule has 0 aliphatic heterocycles. The molecule has 10 heteroatoms. The van der Waals surface area contributed by atoms with Gasteiger partial charge in [0.2, 0.25) is 0 Å². The number of ether oxygens (including phenoxy) is 3. The number of allylic oxidation sites excluding steroid dienone is 2. The number of aliphatic hydroxyl groups is 1. The van der Waals surface area contributed by atoms with Crippen LogP contribution < -0.4 is 19.9 Å². The van der Waals surface area contributed by atoms with E-state index >= 15 is 0 Å². The van der Waals surface area contributed by atoms with Crippen molar-refractivity contribution in [2.24, 2.45) is 10.9 Å². The summed E-state index contributed by atoms with van der Waals surface area (Å²) in [6.07, 6.45) is 4.82. The highest BCUT2D eigenvalue weighted by molar-refractivity contribution is 6.50. The number of benzene rings is 3. The Bertz CT molecular complexity index is 1450. The first-order valence-electron chi connectivity index (χ1n) is 12.0. The Labute approximate surface area is 236 Å². The first kappa shape index (κ1) is 28.2. The molecule has 0 amide bonds. The maximum Gasteiger partial charge on any atom is 0.142 e. The van der Waals surface area contributed by atoms with E-state index in [1.807, 2.05) is 42.5 Å². The second kappa shape index (κ2) is 13.3. The van der Waals surface area contributed by atoms with Crippen LogP contribution in [0.1, 0.15) is 11.1 Å². The van der Waals surface area contributed by atoms with Gasteiger partial charge in [-0.3, -0.25) is 5.41 Å². The Morgan fingerprint density at radius 2 is 1.69 bits per heavy atom. The van der Waals surface area contributed by atoms with Crippen LogP contribution in [0.5, 0.6) is 17.2 Å². The summed E-state index contributed by atoms with van der Waals surface area (Å²) in [4.78, 5) is 0. The molecule has 3 aromatic rings. The molecule has 0 radical (unpaired) electrons. The largest absolute Gasteiger partial charge is 0.491 e. The molecular formula is C29H27Cl2N3O5. The van der Waals surface area contributed by atoms with Gasteiger partial charge in [0.1, 0.15) is 42.8 Å². The molecule has 8 nitrogen and oxygen atoms in total. The number of rotatable bonds is 11. The molecule has 4 rings (SSSR count). The standard InChI is InChI=1S/C29H27Cl2N3O5/c30-24-13-21(15-32)27(38-16-18-7-8-26(34-36)25(33)11-18)14-28(24)39-17-20-4-2-6-23(29(20)31)19-3-1-5-22(12-19)37-10-9-35/h1-8,11-14,33,35-36H,9-10,15-17,32H2/b33-25?,34-26-. The zero-order valence-electron chi connectivity index (χ0n) is 20.9. The minimum atomic E-state index is -0.0697. The lowest BCUT2D eigenvalue weighted by Gasteiger charge is -2.17. The summed E-state index contributed by atoms with van der Waals surface area (Å²) in [5.74, 6) is 1.54. The smallest absolute Gasteiger partial charge is 0.142 e. The molecule has 0 fully saturated rings. The molecule has 1 aliphatic rings. The Hall–Kier alpha value is -3.82. The quantitative estimate of drug-likeness (QED) is 0.132. The van der Waals surface area contributed by atoms with Crippen molar-refractivity contribution in [2.45, 2.75) is 13.2 Å². The van der Waals surface area contributed by atoms with Gasteiger partial charge in [0, 0.05) is 29.3 Å². The maximum absolute atomic E-state index is 9.02. The minimum absolute atomic E-state index is 0.0697. The van der Waals surface area contributed by atoms with Crippen LogP contribution >= 0.6 is 23.2 Å². The minimum Gasteiger partial charge on any atom is -0.491 e. The van der Waals surface area contributed by atoms with Crippen LogP contribution in [0.4, 0.5) is 0 Å². The molecule has 0 atom stereocenters. The van der Waals surface area contributed by atoms with Gasteiger partial charge in [-0.15, -0.1) is 0 Å². The van der Waals surface area contributed by atoms with E-state index in [9.17, 15) is 0 Å². The fourth-order valence-corrected chi connectivity index (χ4v) is 4.42. The van der Waals surface area contributed by atoms with Crippen molar-refractivity contribution < 1.29 is 24.5 Å². The molecule has 202 valence electrons. The fourth-order valence-electron chi connectivity index (χ4n) is 3.89. The number of nitrogens with two attached hydrogens (primary N) is 1. The second-order valence-corrected chi connectivity index (χ2v) is 9.29. The predicted molar refractivity (Wildman–Crippen MR) is 153 cm³/mol. The highest BCUT2D eigenvalue weighted by atomic mass is 35.5. The lowest BCUT2D eigenvalue weighted by Crippen LogP contribution is -2.14. The molecule has 3 aromatic carbocycles. The number of aliphatic hydroxyl groups excluding tert-OH is 1. The average molecular weight is 568 g/mol. The third-order valence-corrected chi connectivity index (χ3v) is 6.61. The van der Waals surface area contributed by atoms with Gasteiger partial charge in [-0.05, 0) is 41.5 Å². The molecule has 1 aliphatic carbocycles. The zero-order chi connectivity index (χ0) is 27.8. The van der Waals surface area contributed by atoms with Gasteiger partial charge in [-0.1, -0.05) is 64.8 Å². The third kappa shape index (κ3) is 6.99. The van der Waals surface area contributed by atoms with Crippen molar-refractivity contribution in [3.8, 4) is 28.4 Å². The number of hydrogen-bond acceptors (Lipinski definition) is 8. The van der Waals surface area contributed by atoms with E-state index in [2.05, 4.69) is 5.16 Å². The summed E-state index contributed by atoms with van der Waals surface area (Å²) >= 11 is 13.2. The van der Waals surface area contributed by atoms with E-state index in [0.29, 0.717) is 32.9 Å². The summed E-state index contributed by atoms with van der Waals surface area (Å²) < 4.78 is 17.6. The zero-order valence-corrected chi connectivity index (χ0v) is 22.4. The van der Waals surface area contributed by atoms with Gasteiger partial charge in [0.25, 0.3) is 0 Å².